The molecule has 0 atom stereocenters. The molecule has 0 aliphatic rings. The van der Waals surface area contributed by atoms with Crippen molar-refractivity contribution in [2.75, 3.05) is 0 Å². The van der Waals surface area contributed by atoms with Gasteiger partial charge in [-0.15, -0.1) is 0 Å². The van der Waals surface area contributed by atoms with Gasteiger partial charge in [-0.2, -0.15) is 10.2 Å². The highest BCUT2D eigenvalue weighted by atomic mass is 35.5. The van der Waals surface area contributed by atoms with Crippen molar-refractivity contribution in [3.63, 3.8) is 0 Å². The standard InChI is InChI=1S/C14H20ClN5O/c1-4-19-9-12(10(2)18-19)7-16-14(21)5-6-20-11(3)13(15)8-17-20/h8-9H,4-7H2,1-3H3,(H,16,21). The van der Waals surface area contributed by atoms with Crippen LogP contribution >= 0.6 is 11.6 Å². The zero-order chi connectivity index (χ0) is 15.4. The summed E-state index contributed by atoms with van der Waals surface area (Å²) in [4.78, 5) is 11.9. The number of hydrogen-bond donors (Lipinski definition) is 1. The lowest BCUT2D eigenvalue weighted by atomic mass is 10.2. The molecule has 0 aliphatic heterocycles. The Kier molecular flexibility index (Phi) is 5.01. The fraction of sp³-hybridized carbons (Fsp3) is 0.500. The summed E-state index contributed by atoms with van der Waals surface area (Å²) in [6.07, 6.45) is 3.93. The lowest BCUT2D eigenvalue weighted by Crippen LogP contribution is -2.24. The van der Waals surface area contributed by atoms with E-state index in [0.717, 1.165) is 23.5 Å². The summed E-state index contributed by atoms with van der Waals surface area (Å²) in [6.45, 7) is 7.72. The highest BCUT2D eigenvalue weighted by Gasteiger charge is 2.09. The number of amides is 1. The Morgan fingerprint density at radius 1 is 1.43 bits per heavy atom. The van der Waals surface area contributed by atoms with Crippen LogP contribution in [0.2, 0.25) is 5.02 Å². The highest BCUT2D eigenvalue weighted by molar-refractivity contribution is 6.31. The van der Waals surface area contributed by atoms with E-state index < -0.39 is 0 Å². The van der Waals surface area contributed by atoms with Crippen LogP contribution in [0.4, 0.5) is 0 Å². The lowest BCUT2D eigenvalue weighted by molar-refractivity contribution is -0.121. The second-order valence-corrected chi connectivity index (χ2v) is 5.33. The molecule has 2 aromatic heterocycles. The number of halogens is 1. The van der Waals surface area contributed by atoms with Crippen LogP contribution in [-0.4, -0.2) is 25.5 Å². The van der Waals surface area contributed by atoms with Gasteiger partial charge in [0.25, 0.3) is 0 Å². The average molecular weight is 310 g/mol. The van der Waals surface area contributed by atoms with Crippen LogP contribution in [0.25, 0.3) is 0 Å². The SMILES string of the molecule is CCn1cc(CNC(=O)CCn2ncc(Cl)c2C)c(C)n1. The first-order chi connectivity index (χ1) is 10.0. The maximum absolute atomic E-state index is 11.9. The van der Waals surface area contributed by atoms with Gasteiger partial charge >= 0.3 is 0 Å². The summed E-state index contributed by atoms with van der Waals surface area (Å²) >= 11 is 5.93. The van der Waals surface area contributed by atoms with Gasteiger partial charge in [0, 0.05) is 31.3 Å². The molecule has 0 saturated heterocycles. The number of carbonyl (C=O) groups is 1. The first-order valence-electron chi connectivity index (χ1n) is 6.98. The molecular weight excluding hydrogens is 290 g/mol. The van der Waals surface area contributed by atoms with Crippen molar-refractivity contribution in [3.05, 3.63) is 34.4 Å². The third-order valence-corrected chi connectivity index (χ3v) is 3.81. The van der Waals surface area contributed by atoms with Crippen molar-refractivity contribution in [2.24, 2.45) is 0 Å². The molecule has 0 aliphatic carbocycles. The van der Waals surface area contributed by atoms with Crippen LogP contribution in [0.3, 0.4) is 0 Å². The van der Waals surface area contributed by atoms with Gasteiger partial charge in [0.05, 0.1) is 29.2 Å². The Morgan fingerprint density at radius 3 is 2.76 bits per heavy atom. The predicted octanol–water partition coefficient (Wildman–Crippen LogP) is 2.08. The normalized spacial score (nSPS) is 10.9. The number of aromatic nitrogens is 4. The molecule has 7 heteroatoms. The zero-order valence-electron chi connectivity index (χ0n) is 12.6. The van der Waals surface area contributed by atoms with Crippen LogP contribution in [0, 0.1) is 13.8 Å². The smallest absolute Gasteiger partial charge is 0.222 e. The molecule has 0 bridgehead atoms. The zero-order valence-corrected chi connectivity index (χ0v) is 13.3. The number of nitrogens with zero attached hydrogens (tertiary/aromatic N) is 4. The molecule has 1 amide bonds. The van der Waals surface area contributed by atoms with Gasteiger partial charge in [-0.05, 0) is 20.8 Å². The Morgan fingerprint density at radius 2 is 2.19 bits per heavy atom. The minimum absolute atomic E-state index is 0.00956. The maximum atomic E-state index is 11.9. The van der Waals surface area contributed by atoms with Gasteiger partial charge < -0.3 is 5.32 Å². The van der Waals surface area contributed by atoms with E-state index in [-0.39, 0.29) is 5.91 Å². The summed E-state index contributed by atoms with van der Waals surface area (Å²) in [5.74, 6) is -0.00956. The van der Waals surface area contributed by atoms with Gasteiger partial charge in [0.2, 0.25) is 5.91 Å². The third kappa shape index (κ3) is 3.85. The van der Waals surface area contributed by atoms with E-state index in [9.17, 15) is 4.79 Å². The first kappa shape index (κ1) is 15.6. The molecule has 21 heavy (non-hydrogen) atoms. The topological polar surface area (TPSA) is 64.7 Å². The quantitative estimate of drug-likeness (QED) is 0.888. The molecule has 0 saturated carbocycles. The Hall–Kier alpha value is -1.82. The molecule has 6 nitrogen and oxygen atoms in total. The molecule has 0 radical (unpaired) electrons. The number of hydrogen-bond acceptors (Lipinski definition) is 3. The molecular formula is C14H20ClN5O. The second kappa shape index (κ2) is 6.76. The second-order valence-electron chi connectivity index (χ2n) is 4.92. The van der Waals surface area contributed by atoms with Crippen molar-refractivity contribution < 1.29 is 4.79 Å². The lowest BCUT2D eigenvalue weighted by Gasteiger charge is -2.06. The Balaban J connectivity index is 1.82. The molecule has 2 rings (SSSR count). The van der Waals surface area contributed by atoms with Gasteiger partial charge in [-0.25, -0.2) is 0 Å². The molecule has 0 fully saturated rings. The van der Waals surface area contributed by atoms with E-state index in [1.165, 1.54) is 0 Å². The van der Waals surface area contributed by atoms with Gasteiger partial charge in [-0.3, -0.25) is 14.2 Å². The summed E-state index contributed by atoms with van der Waals surface area (Å²) in [5.41, 5.74) is 2.87. The molecule has 0 aromatic carbocycles. The highest BCUT2D eigenvalue weighted by Crippen LogP contribution is 2.13. The summed E-state index contributed by atoms with van der Waals surface area (Å²) in [6, 6.07) is 0. The van der Waals surface area contributed by atoms with Crippen LogP contribution in [0.1, 0.15) is 30.3 Å². The Bertz CT molecular complexity index is 631. The van der Waals surface area contributed by atoms with Crippen LogP contribution in [0.5, 0.6) is 0 Å². The average Bonchev–Trinajstić information content (AvgIpc) is 2.99. The van der Waals surface area contributed by atoms with E-state index >= 15 is 0 Å². The molecule has 0 spiro atoms. The minimum Gasteiger partial charge on any atom is -0.352 e. The summed E-state index contributed by atoms with van der Waals surface area (Å²) < 4.78 is 3.61. The molecule has 0 unspecified atom stereocenters. The predicted molar refractivity (Wildman–Crippen MR) is 81.1 cm³/mol. The van der Waals surface area contributed by atoms with Crippen molar-refractivity contribution in [3.8, 4) is 0 Å². The molecule has 1 N–H and O–H groups in total. The number of nitrogens with one attached hydrogen (secondary N) is 1. The van der Waals surface area contributed by atoms with E-state index in [1.807, 2.05) is 31.6 Å². The monoisotopic (exact) mass is 309 g/mol. The van der Waals surface area contributed by atoms with Gasteiger partial charge in [-0.1, -0.05) is 11.6 Å². The largest absolute Gasteiger partial charge is 0.352 e. The molecule has 114 valence electrons. The van der Waals surface area contributed by atoms with Crippen LogP contribution in [-0.2, 0) is 24.4 Å². The number of rotatable bonds is 6. The third-order valence-electron chi connectivity index (χ3n) is 3.44. The molecule has 2 aromatic rings. The van der Waals surface area contributed by atoms with Crippen molar-refractivity contribution in [1.29, 1.82) is 0 Å². The van der Waals surface area contributed by atoms with E-state index in [4.69, 9.17) is 11.6 Å². The van der Waals surface area contributed by atoms with Crippen LogP contribution in [0.15, 0.2) is 12.4 Å². The fourth-order valence-corrected chi connectivity index (χ4v) is 2.17. The summed E-state index contributed by atoms with van der Waals surface area (Å²) in [7, 11) is 0. The Labute approximate surface area is 129 Å². The van der Waals surface area contributed by atoms with Crippen molar-refractivity contribution in [1.82, 2.24) is 24.9 Å². The van der Waals surface area contributed by atoms with E-state index in [0.29, 0.717) is 24.5 Å². The van der Waals surface area contributed by atoms with Gasteiger partial charge in [0.1, 0.15) is 0 Å². The fourth-order valence-electron chi connectivity index (χ4n) is 2.03. The minimum atomic E-state index is -0.00956. The first-order valence-corrected chi connectivity index (χ1v) is 7.36. The van der Waals surface area contributed by atoms with Gasteiger partial charge in [0.15, 0.2) is 0 Å². The number of aryl methyl sites for hydroxylation is 3. The van der Waals surface area contributed by atoms with Crippen LogP contribution < -0.4 is 5.32 Å². The number of carbonyl (C=O) groups excluding carboxylic acids is 1. The summed E-state index contributed by atoms with van der Waals surface area (Å²) in [5, 5.41) is 12.0. The van der Waals surface area contributed by atoms with Crippen molar-refractivity contribution in [2.45, 2.75) is 46.8 Å². The molecule has 2 heterocycles. The maximum Gasteiger partial charge on any atom is 0.222 e. The van der Waals surface area contributed by atoms with E-state index in [2.05, 4.69) is 15.5 Å². The van der Waals surface area contributed by atoms with E-state index in [1.54, 1.807) is 10.9 Å². The van der Waals surface area contributed by atoms with Crippen molar-refractivity contribution >= 4 is 17.5 Å².